The molecule has 3 nitrogen and oxygen atoms in total. The molecule has 0 bridgehead atoms. The maximum Gasteiger partial charge on any atom is 0.227 e. The van der Waals surface area contributed by atoms with Gasteiger partial charge >= 0.3 is 0 Å². The van der Waals surface area contributed by atoms with Gasteiger partial charge in [-0.1, -0.05) is 35.3 Å². The molecule has 1 aliphatic heterocycles. The van der Waals surface area contributed by atoms with Gasteiger partial charge in [0.2, 0.25) is 5.91 Å². The van der Waals surface area contributed by atoms with Crippen LogP contribution < -0.4 is 5.32 Å². The Labute approximate surface area is 156 Å². The lowest BCUT2D eigenvalue weighted by atomic mass is 9.95. The summed E-state index contributed by atoms with van der Waals surface area (Å²) < 4.78 is 13.2. The molecule has 2 aromatic carbocycles. The molecule has 25 heavy (non-hydrogen) atoms. The summed E-state index contributed by atoms with van der Waals surface area (Å²) in [5.41, 5.74) is 1.54. The van der Waals surface area contributed by atoms with Gasteiger partial charge in [0.25, 0.3) is 0 Å². The van der Waals surface area contributed by atoms with Crippen LogP contribution in [0.5, 0.6) is 0 Å². The Bertz CT molecular complexity index is 761. The highest BCUT2D eigenvalue weighted by Gasteiger charge is 2.25. The van der Waals surface area contributed by atoms with Gasteiger partial charge in [0.15, 0.2) is 0 Å². The molecule has 0 spiro atoms. The fraction of sp³-hybridized carbons (Fsp3) is 0.316. The zero-order valence-corrected chi connectivity index (χ0v) is 15.2. The summed E-state index contributed by atoms with van der Waals surface area (Å²) in [6.45, 7) is 2.38. The topological polar surface area (TPSA) is 32.3 Å². The largest absolute Gasteiger partial charge is 0.326 e. The Balaban J connectivity index is 1.52. The maximum atomic E-state index is 13.2. The molecule has 1 saturated heterocycles. The minimum absolute atomic E-state index is 0.0465. The summed E-state index contributed by atoms with van der Waals surface area (Å²) in [7, 11) is 0. The summed E-state index contributed by atoms with van der Waals surface area (Å²) in [5, 5.41) is 4.09. The second-order valence-corrected chi connectivity index (χ2v) is 7.13. The van der Waals surface area contributed by atoms with Gasteiger partial charge in [0.1, 0.15) is 5.82 Å². The summed E-state index contributed by atoms with van der Waals surface area (Å²) in [6, 6.07) is 11.5. The van der Waals surface area contributed by atoms with Crippen molar-refractivity contribution in [1.29, 1.82) is 0 Å². The number of amides is 1. The minimum Gasteiger partial charge on any atom is -0.326 e. The minimum atomic E-state index is -0.354. The molecule has 6 heteroatoms. The highest BCUT2D eigenvalue weighted by atomic mass is 35.5. The number of benzene rings is 2. The Kier molecular flexibility index (Phi) is 5.94. The van der Waals surface area contributed by atoms with Crippen molar-refractivity contribution >= 4 is 34.8 Å². The van der Waals surface area contributed by atoms with Crippen molar-refractivity contribution in [3.8, 4) is 0 Å². The summed E-state index contributed by atoms with van der Waals surface area (Å²) in [4.78, 5) is 14.6. The van der Waals surface area contributed by atoms with E-state index in [1.165, 1.54) is 12.1 Å². The molecule has 2 aromatic rings. The Morgan fingerprint density at radius 1 is 1.16 bits per heavy atom. The lowest BCUT2D eigenvalue weighted by Crippen LogP contribution is -2.37. The number of likely N-dealkylation sites (tertiary alicyclic amines) is 1. The van der Waals surface area contributed by atoms with E-state index in [-0.39, 0.29) is 17.6 Å². The second kappa shape index (κ2) is 8.17. The Morgan fingerprint density at radius 3 is 2.60 bits per heavy atom. The third-order valence-corrected chi connectivity index (χ3v) is 5.05. The third kappa shape index (κ3) is 4.94. The monoisotopic (exact) mass is 380 g/mol. The molecule has 1 amide bonds. The Hall–Kier alpha value is -1.62. The average Bonchev–Trinajstić information content (AvgIpc) is 2.58. The number of carbonyl (C=O) groups is 1. The van der Waals surface area contributed by atoms with Crippen molar-refractivity contribution in [1.82, 2.24) is 4.90 Å². The lowest BCUT2D eigenvalue weighted by molar-refractivity contribution is -0.121. The maximum absolute atomic E-state index is 13.2. The standard InChI is InChI=1S/C19H19Cl2FN2O/c20-15-5-4-14(18(21)10-15)12-24-8-6-13(7-9-24)19(25)23-17-3-1-2-16(22)11-17/h1-5,10-11,13H,6-9,12H2,(H,23,25). The molecule has 1 fully saturated rings. The van der Waals surface area contributed by atoms with Gasteiger partial charge < -0.3 is 5.32 Å². The molecule has 1 aliphatic rings. The highest BCUT2D eigenvalue weighted by molar-refractivity contribution is 6.35. The second-order valence-electron chi connectivity index (χ2n) is 6.29. The first-order valence-corrected chi connectivity index (χ1v) is 8.99. The molecule has 0 radical (unpaired) electrons. The zero-order chi connectivity index (χ0) is 17.8. The SMILES string of the molecule is O=C(Nc1cccc(F)c1)C1CCN(Cc2ccc(Cl)cc2Cl)CC1. The first kappa shape index (κ1) is 18.2. The molecule has 1 heterocycles. The fourth-order valence-electron chi connectivity index (χ4n) is 3.05. The molecule has 0 aliphatic carbocycles. The third-order valence-electron chi connectivity index (χ3n) is 4.46. The molecule has 1 N–H and O–H groups in total. The van der Waals surface area contributed by atoms with Crippen LogP contribution in [0.15, 0.2) is 42.5 Å². The van der Waals surface area contributed by atoms with Crippen LogP contribution in [-0.2, 0) is 11.3 Å². The molecular weight excluding hydrogens is 362 g/mol. The van der Waals surface area contributed by atoms with E-state index in [9.17, 15) is 9.18 Å². The van der Waals surface area contributed by atoms with Gasteiger partial charge in [-0.15, -0.1) is 0 Å². The van der Waals surface area contributed by atoms with E-state index in [1.807, 2.05) is 12.1 Å². The van der Waals surface area contributed by atoms with Crippen LogP contribution in [-0.4, -0.2) is 23.9 Å². The van der Waals surface area contributed by atoms with Crippen LogP contribution in [0.3, 0.4) is 0 Å². The van der Waals surface area contributed by atoms with Gasteiger partial charge in [-0.3, -0.25) is 9.69 Å². The van der Waals surface area contributed by atoms with E-state index in [2.05, 4.69) is 10.2 Å². The van der Waals surface area contributed by atoms with E-state index in [4.69, 9.17) is 23.2 Å². The van der Waals surface area contributed by atoms with Crippen LogP contribution in [0.1, 0.15) is 18.4 Å². The molecule has 3 rings (SSSR count). The van der Waals surface area contributed by atoms with Crippen LogP contribution in [0.4, 0.5) is 10.1 Å². The number of hydrogen-bond acceptors (Lipinski definition) is 2. The molecule has 0 unspecified atom stereocenters. The average molecular weight is 381 g/mol. The van der Waals surface area contributed by atoms with E-state index >= 15 is 0 Å². The van der Waals surface area contributed by atoms with E-state index in [1.54, 1.807) is 18.2 Å². The molecule has 0 atom stereocenters. The first-order valence-electron chi connectivity index (χ1n) is 8.24. The van der Waals surface area contributed by atoms with E-state index in [0.29, 0.717) is 15.7 Å². The van der Waals surface area contributed by atoms with Crippen molar-refractivity contribution in [3.05, 3.63) is 63.9 Å². The normalized spacial score (nSPS) is 16.0. The predicted octanol–water partition coefficient (Wildman–Crippen LogP) is 4.98. The number of nitrogens with one attached hydrogen (secondary N) is 1. The van der Waals surface area contributed by atoms with Crippen LogP contribution in [0, 0.1) is 11.7 Å². The molecule has 132 valence electrons. The van der Waals surface area contributed by atoms with Gasteiger partial charge in [0.05, 0.1) is 0 Å². The zero-order valence-electron chi connectivity index (χ0n) is 13.6. The van der Waals surface area contributed by atoms with Crippen molar-refractivity contribution in [2.45, 2.75) is 19.4 Å². The lowest BCUT2D eigenvalue weighted by Gasteiger charge is -2.31. The first-order chi connectivity index (χ1) is 12.0. The van der Waals surface area contributed by atoms with E-state index < -0.39 is 0 Å². The summed E-state index contributed by atoms with van der Waals surface area (Å²) in [5.74, 6) is -0.456. The van der Waals surface area contributed by atoms with Gasteiger partial charge in [0, 0.05) is 28.2 Å². The number of hydrogen-bond donors (Lipinski definition) is 1. The summed E-state index contributed by atoms with van der Waals surface area (Å²) >= 11 is 12.1. The summed E-state index contributed by atoms with van der Waals surface area (Å²) in [6.07, 6.45) is 1.54. The number of nitrogens with zero attached hydrogens (tertiary/aromatic N) is 1. The number of piperidine rings is 1. The van der Waals surface area contributed by atoms with Gasteiger partial charge in [-0.05, 0) is 61.8 Å². The fourth-order valence-corrected chi connectivity index (χ4v) is 3.52. The molecule has 0 aromatic heterocycles. The van der Waals surface area contributed by atoms with Gasteiger partial charge in [-0.2, -0.15) is 0 Å². The van der Waals surface area contributed by atoms with Gasteiger partial charge in [-0.25, -0.2) is 4.39 Å². The number of halogens is 3. The van der Waals surface area contributed by atoms with Crippen LogP contribution in [0.25, 0.3) is 0 Å². The molecule has 0 saturated carbocycles. The number of carbonyl (C=O) groups excluding carboxylic acids is 1. The smallest absolute Gasteiger partial charge is 0.227 e. The van der Waals surface area contributed by atoms with Crippen LogP contribution in [0.2, 0.25) is 10.0 Å². The number of rotatable bonds is 4. The number of anilines is 1. The Morgan fingerprint density at radius 2 is 1.92 bits per heavy atom. The quantitative estimate of drug-likeness (QED) is 0.810. The highest BCUT2D eigenvalue weighted by Crippen LogP contribution is 2.25. The van der Waals surface area contributed by atoms with Crippen molar-refractivity contribution in [2.75, 3.05) is 18.4 Å². The van der Waals surface area contributed by atoms with Crippen molar-refractivity contribution < 1.29 is 9.18 Å². The van der Waals surface area contributed by atoms with Crippen molar-refractivity contribution in [3.63, 3.8) is 0 Å². The van der Waals surface area contributed by atoms with Crippen LogP contribution >= 0.6 is 23.2 Å². The predicted molar refractivity (Wildman–Crippen MR) is 99.5 cm³/mol. The van der Waals surface area contributed by atoms with Crippen molar-refractivity contribution in [2.24, 2.45) is 5.92 Å². The van der Waals surface area contributed by atoms with E-state index in [0.717, 1.165) is 38.0 Å². The molecular formula is C19H19Cl2FN2O.